The monoisotopic (exact) mass is 397 g/mol. The fraction of sp³-hybridized carbons (Fsp3) is 0.143. The molecule has 0 fully saturated rings. The number of nitrogens with zero attached hydrogens (tertiary/aromatic N) is 1. The minimum atomic E-state index is -0.232. The minimum absolute atomic E-state index is 0.231. The second kappa shape index (κ2) is 8.93. The number of carbonyl (C=O) groups is 1. The highest BCUT2D eigenvalue weighted by molar-refractivity contribution is 7.99. The molecule has 0 saturated carbocycles. The van der Waals surface area contributed by atoms with E-state index in [0.717, 1.165) is 32.4 Å². The number of aryl methyl sites for hydroxylation is 1. The standard InChI is InChI=1S/C21H20ClN3OS/c1-2-15-7-10-17(12-19(15)22)27-16-8-5-14(6-9-16)13-25-21(26)18-4-3-11-24-20(18)23/h3-12H,2,13H2,1H3,(H2,23,24)(H,25,26). The van der Waals surface area contributed by atoms with E-state index in [4.69, 9.17) is 17.3 Å². The van der Waals surface area contributed by atoms with E-state index in [0.29, 0.717) is 12.1 Å². The van der Waals surface area contributed by atoms with Crippen molar-refractivity contribution in [1.82, 2.24) is 10.3 Å². The number of hydrogen-bond donors (Lipinski definition) is 2. The summed E-state index contributed by atoms with van der Waals surface area (Å²) in [7, 11) is 0. The molecule has 0 spiro atoms. The SMILES string of the molecule is CCc1ccc(Sc2ccc(CNC(=O)c3cccnc3N)cc2)cc1Cl. The lowest BCUT2D eigenvalue weighted by Crippen LogP contribution is -2.24. The topological polar surface area (TPSA) is 68.0 Å². The van der Waals surface area contributed by atoms with Crippen LogP contribution in [0, 0.1) is 0 Å². The van der Waals surface area contributed by atoms with Gasteiger partial charge in [0.25, 0.3) is 5.91 Å². The predicted molar refractivity (Wildman–Crippen MR) is 111 cm³/mol. The average Bonchev–Trinajstić information content (AvgIpc) is 2.68. The van der Waals surface area contributed by atoms with Crippen molar-refractivity contribution >= 4 is 35.1 Å². The first-order valence-electron chi connectivity index (χ1n) is 8.60. The molecule has 3 N–H and O–H groups in total. The van der Waals surface area contributed by atoms with E-state index in [1.807, 2.05) is 30.3 Å². The summed E-state index contributed by atoms with van der Waals surface area (Å²) >= 11 is 7.94. The van der Waals surface area contributed by atoms with Gasteiger partial charge in [-0.3, -0.25) is 4.79 Å². The number of nitrogen functional groups attached to an aromatic ring is 1. The summed E-state index contributed by atoms with van der Waals surface area (Å²) in [4.78, 5) is 18.3. The number of anilines is 1. The fourth-order valence-corrected chi connectivity index (χ4v) is 3.81. The first-order valence-corrected chi connectivity index (χ1v) is 9.80. The van der Waals surface area contributed by atoms with Gasteiger partial charge in [-0.25, -0.2) is 4.98 Å². The third-order valence-corrected chi connectivity index (χ3v) is 5.45. The number of benzene rings is 2. The molecule has 6 heteroatoms. The van der Waals surface area contributed by atoms with Crippen molar-refractivity contribution in [1.29, 1.82) is 0 Å². The van der Waals surface area contributed by atoms with Gasteiger partial charge in [0.1, 0.15) is 5.82 Å². The Morgan fingerprint density at radius 1 is 1.15 bits per heavy atom. The van der Waals surface area contributed by atoms with Gasteiger partial charge < -0.3 is 11.1 Å². The molecule has 0 radical (unpaired) electrons. The number of carbonyl (C=O) groups excluding carboxylic acids is 1. The zero-order chi connectivity index (χ0) is 19.2. The first-order chi connectivity index (χ1) is 13.1. The lowest BCUT2D eigenvalue weighted by atomic mass is 10.2. The van der Waals surface area contributed by atoms with Crippen molar-refractivity contribution in [2.75, 3.05) is 5.73 Å². The molecular weight excluding hydrogens is 378 g/mol. The molecule has 2 aromatic carbocycles. The second-order valence-corrected chi connectivity index (χ2v) is 7.53. The van der Waals surface area contributed by atoms with Gasteiger partial charge in [0, 0.05) is 27.6 Å². The van der Waals surface area contributed by atoms with Crippen LogP contribution >= 0.6 is 23.4 Å². The maximum atomic E-state index is 12.2. The first kappa shape index (κ1) is 19.3. The van der Waals surface area contributed by atoms with Gasteiger partial charge in [0.05, 0.1) is 5.56 Å². The highest BCUT2D eigenvalue weighted by Gasteiger charge is 2.09. The molecule has 0 aliphatic rings. The number of pyridine rings is 1. The highest BCUT2D eigenvalue weighted by atomic mass is 35.5. The van der Waals surface area contributed by atoms with E-state index in [1.165, 1.54) is 0 Å². The van der Waals surface area contributed by atoms with Crippen molar-refractivity contribution in [3.63, 3.8) is 0 Å². The third kappa shape index (κ3) is 5.02. The van der Waals surface area contributed by atoms with E-state index in [-0.39, 0.29) is 11.7 Å². The van der Waals surface area contributed by atoms with E-state index >= 15 is 0 Å². The van der Waals surface area contributed by atoms with Gasteiger partial charge in [-0.05, 0) is 53.9 Å². The molecular formula is C21H20ClN3OS. The Bertz CT molecular complexity index is 944. The molecule has 3 rings (SSSR count). The van der Waals surface area contributed by atoms with Crippen LogP contribution in [0.15, 0.2) is 70.6 Å². The molecule has 27 heavy (non-hydrogen) atoms. The molecule has 0 atom stereocenters. The second-order valence-electron chi connectivity index (χ2n) is 5.97. The van der Waals surface area contributed by atoms with Gasteiger partial charge in [-0.2, -0.15) is 0 Å². The third-order valence-electron chi connectivity index (χ3n) is 4.10. The summed E-state index contributed by atoms with van der Waals surface area (Å²) in [6.07, 6.45) is 2.49. The molecule has 0 bridgehead atoms. The van der Waals surface area contributed by atoms with Gasteiger partial charge in [-0.1, -0.05) is 48.5 Å². The summed E-state index contributed by atoms with van der Waals surface area (Å²) in [5.41, 5.74) is 8.28. The number of amides is 1. The van der Waals surface area contributed by atoms with Crippen molar-refractivity contribution in [2.24, 2.45) is 0 Å². The van der Waals surface area contributed by atoms with Crippen LogP contribution in [0.5, 0.6) is 0 Å². The highest BCUT2D eigenvalue weighted by Crippen LogP contribution is 2.31. The van der Waals surface area contributed by atoms with Crippen molar-refractivity contribution in [3.8, 4) is 0 Å². The van der Waals surface area contributed by atoms with Crippen molar-refractivity contribution in [3.05, 3.63) is 82.5 Å². The molecule has 0 saturated heterocycles. The average molecular weight is 398 g/mol. The quantitative estimate of drug-likeness (QED) is 0.616. The van der Waals surface area contributed by atoms with Gasteiger partial charge in [0.15, 0.2) is 0 Å². The molecule has 0 aliphatic heterocycles. The summed E-state index contributed by atoms with van der Waals surface area (Å²) < 4.78 is 0. The lowest BCUT2D eigenvalue weighted by Gasteiger charge is -2.08. The van der Waals surface area contributed by atoms with Gasteiger partial charge >= 0.3 is 0 Å². The van der Waals surface area contributed by atoms with Crippen LogP contribution in [0.25, 0.3) is 0 Å². The molecule has 3 aromatic rings. The lowest BCUT2D eigenvalue weighted by molar-refractivity contribution is 0.0951. The molecule has 1 amide bonds. The number of aromatic nitrogens is 1. The smallest absolute Gasteiger partial charge is 0.255 e. The zero-order valence-corrected chi connectivity index (χ0v) is 16.5. The Morgan fingerprint density at radius 2 is 1.89 bits per heavy atom. The Morgan fingerprint density at radius 3 is 2.56 bits per heavy atom. The number of nitrogens with one attached hydrogen (secondary N) is 1. The summed E-state index contributed by atoms with van der Waals surface area (Å²) in [5.74, 6) is -0.000734. The van der Waals surface area contributed by atoms with E-state index in [2.05, 4.69) is 29.4 Å². The summed E-state index contributed by atoms with van der Waals surface area (Å²) in [6.45, 7) is 2.52. The number of halogens is 1. The molecule has 0 aliphatic carbocycles. The van der Waals surface area contributed by atoms with Crippen LogP contribution < -0.4 is 11.1 Å². The molecule has 4 nitrogen and oxygen atoms in total. The van der Waals surface area contributed by atoms with Crippen LogP contribution in [0.1, 0.15) is 28.4 Å². The maximum Gasteiger partial charge on any atom is 0.255 e. The van der Waals surface area contributed by atoms with Gasteiger partial charge in [-0.15, -0.1) is 0 Å². The van der Waals surface area contributed by atoms with Crippen molar-refractivity contribution < 1.29 is 4.79 Å². The van der Waals surface area contributed by atoms with E-state index < -0.39 is 0 Å². The summed E-state index contributed by atoms with van der Waals surface area (Å²) in [5, 5.41) is 3.66. The van der Waals surface area contributed by atoms with Crippen LogP contribution in [-0.4, -0.2) is 10.9 Å². The molecule has 138 valence electrons. The Kier molecular flexibility index (Phi) is 6.37. The fourth-order valence-electron chi connectivity index (χ4n) is 2.58. The van der Waals surface area contributed by atoms with Crippen molar-refractivity contribution in [2.45, 2.75) is 29.7 Å². The van der Waals surface area contributed by atoms with Crippen LogP contribution in [0.3, 0.4) is 0 Å². The largest absolute Gasteiger partial charge is 0.383 e. The van der Waals surface area contributed by atoms with E-state index in [9.17, 15) is 4.79 Å². The number of rotatable bonds is 6. The molecule has 1 aromatic heterocycles. The predicted octanol–water partition coefficient (Wildman–Crippen LogP) is 4.96. The number of hydrogen-bond acceptors (Lipinski definition) is 4. The van der Waals surface area contributed by atoms with Crippen LogP contribution in [0.2, 0.25) is 5.02 Å². The van der Waals surface area contributed by atoms with Gasteiger partial charge in [0.2, 0.25) is 0 Å². The molecule has 1 heterocycles. The van der Waals surface area contributed by atoms with Crippen LogP contribution in [-0.2, 0) is 13.0 Å². The Labute approximate surface area is 168 Å². The number of nitrogens with two attached hydrogens (primary N) is 1. The van der Waals surface area contributed by atoms with Crippen LogP contribution in [0.4, 0.5) is 5.82 Å². The minimum Gasteiger partial charge on any atom is -0.383 e. The summed E-state index contributed by atoms with van der Waals surface area (Å²) in [6, 6.07) is 17.6. The zero-order valence-electron chi connectivity index (χ0n) is 14.9. The van der Waals surface area contributed by atoms with E-state index in [1.54, 1.807) is 30.1 Å². The Balaban J connectivity index is 1.59. The normalized spacial score (nSPS) is 10.6. The molecule has 0 unspecified atom stereocenters. The maximum absolute atomic E-state index is 12.2. The Hall–Kier alpha value is -2.50.